The maximum atomic E-state index is 12.7. The number of hydrogen-bond acceptors (Lipinski definition) is 3. The second-order valence-corrected chi connectivity index (χ2v) is 7.39. The first kappa shape index (κ1) is 17.7. The van der Waals surface area contributed by atoms with Crippen molar-refractivity contribution < 1.29 is 14.7 Å². The number of anilines is 1. The van der Waals surface area contributed by atoms with Crippen molar-refractivity contribution in [2.45, 2.75) is 38.3 Å². The second kappa shape index (κ2) is 6.63. The first-order chi connectivity index (χ1) is 11.9. The van der Waals surface area contributed by atoms with Crippen LogP contribution in [0.1, 0.15) is 24.8 Å². The first-order valence-corrected chi connectivity index (χ1v) is 8.91. The van der Waals surface area contributed by atoms with Gasteiger partial charge in [0, 0.05) is 11.5 Å². The van der Waals surface area contributed by atoms with Gasteiger partial charge in [0.25, 0.3) is 0 Å². The summed E-state index contributed by atoms with van der Waals surface area (Å²) in [5.41, 5.74) is 0.602. The lowest BCUT2D eigenvalue weighted by Gasteiger charge is -2.23. The topological polar surface area (TPSA) is 82.5 Å². The fourth-order valence-electron chi connectivity index (χ4n) is 3.53. The predicted molar refractivity (Wildman–Crippen MR) is 98.4 cm³/mol. The lowest BCUT2D eigenvalue weighted by molar-refractivity contribution is -0.120. The van der Waals surface area contributed by atoms with Crippen LogP contribution >= 0.6 is 15.9 Å². The molecule has 3 unspecified atom stereocenters. The van der Waals surface area contributed by atoms with Crippen molar-refractivity contribution in [3.05, 3.63) is 47.1 Å². The first-order valence-electron chi connectivity index (χ1n) is 8.12. The van der Waals surface area contributed by atoms with Crippen LogP contribution in [-0.2, 0) is 4.79 Å². The number of amides is 2. The summed E-state index contributed by atoms with van der Waals surface area (Å²) in [4.78, 5) is 29.9. The number of rotatable bonds is 5. The van der Waals surface area contributed by atoms with Gasteiger partial charge in [0.05, 0.1) is 0 Å². The van der Waals surface area contributed by atoms with E-state index in [1.54, 1.807) is 12.1 Å². The van der Waals surface area contributed by atoms with E-state index in [2.05, 4.69) is 32.8 Å². The van der Waals surface area contributed by atoms with Gasteiger partial charge in [-0.2, -0.15) is 0 Å². The predicted octanol–water partition coefficient (Wildman–Crippen LogP) is 3.73. The van der Waals surface area contributed by atoms with E-state index in [4.69, 9.17) is 0 Å². The third-order valence-electron chi connectivity index (χ3n) is 4.90. The van der Waals surface area contributed by atoms with Gasteiger partial charge in [-0.1, -0.05) is 24.3 Å². The van der Waals surface area contributed by atoms with E-state index in [-0.39, 0.29) is 17.4 Å². The number of likely N-dealkylation sites (tertiary alicyclic amines) is 1. The Kier molecular flexibility index (Phi) is 4.69. The van der Waals surface area contributed by atoms with Crippen LogP contribution in [0.25, 0.3) is 0 Å². The maximum Gasteiger partial charge on any atom is 0.408 e. The summed E-state index contributed by atoms with van der Waals surface area (Å²) >= 11 is 3.28. The molecule has 2 N–H and O–H groups in total. The number of nitrogens with one attached hydrogen (secondary N) is 1. The molecule has 3 rings (SSSR count). The molecule has 6 nitrogen and oxygen atoms in total. The van der Waals surface area contributed by atoms with Crippen molar-refractivity contribution in [3.8, 4) is 0 Å². The summed E-state index contributed by atoms with van der Waals surface area (Å²) < 4.78 is 0.613. The molecule has 132 valence electrons. The number of allylic oxidation sites excluding steroid dienone is 2. The molecule has 3 atom stereocenters. The molecule has 0 radical (unpaired) electrons. The summed E-state index contributed by atoms with van der Waals surface area (Å²) in [5.74, 6) is 0.112. The molecule has 2 fully saturated rings. The number of fused-ring (bicyclic) bond motifs is 1. The van der Waals surface area contributed by atoms with Crippen molar-refractivity contribution in [3.63, 3.8) is 0 Å². The highest BCUT2D eigenvalue weighted by Crippen LogP contribution is 2.60. The van der Waals surface area contributed by atoms with Crippen LogP contribution in [-0.4, -0.2) is 39.1 Å². The third-order valence-corrected chi connectivity index (χ3v) is 5.34. The van der Waals surface area contributed by atoms with Crippen LogP contribution in [0.15, 0.2) is 41.5 Å². The molecule has 1 saturated heterocycles. The molecule has 1 aromatic heterocycles. The van der Waals surface area contributed by atoms with Gasteiger partial charge >= 0.3 is 6.09 Å². The van der Waals surface area contributed by atoms with Crippen molar-refractivity contribution in [2.24, 2.45) is 5.41 Å². The van der Waals surface area contributed by atoms with Gasteiger partial charge in [0.1, 0.15) is 16.5 Å². The van der Waals surface area contributed by atoms with E-state index in [1.807, 2.05) is 25.1 Å². The number of aryl methyl sites for hydroxylation is 1. The Morgan fingerprint density at radius 1 is 1.52 bits per heavy atom. The van der Waals surface area contributed by atoms with E-state index in [0.717, 1.165) is 18.4 Å². The van der Waals surface area contributed by atoms with Crippen LogP contribution in [0, 0.1) is 12.3 Å². The molecule has 2 aliphatic rings. The highest BCUT2D eigenvalue weighted by molar-refractivity contribution is 9.10. The maximum absolute atomic E-state index is 12.7. The Morgan fingerprint density at radius 3 is 2.96 bits per heavy atom. The Bertz CT molecular complexity index is 764. The number of piperidine rings is 1. The Morgan fingerprint density at radius 2 is 2.28 bits per heavy atom. The van der Waals surface area contributed by atoms with E-state index >= 15 is 0 Å². The summed E-state index contributed by atoms with van der Waals surface area (Å²) in [7, 11) is 0. The minimum absolute atomic E-state index is 0.126. The molecule has 25 heavy (non-hydrogen) atoms. The van der Waals surface area contributed by atoms with E-state index in [0.29, 0.717) is 16.8 Å². The minimum Gasteiger partial charge on any atom is -0.465 e. The van der Waals surface area contributed by atoms with Crippen LogP contribution in [0.2, 0.25) is 0 Å². The number of halogens is 1. The number of carbonyl (C=O) groups is 2. The van der Waals surface area contributed by atoms with E-state index in [1.165, 1.54) is 4.90 Å². The van der Waals surface area contributed by atoms with Crippen molar-refractivity contribution in [2.75, 3.05) is 5.32 Å². The van der Waals surface area contributed by atoms with Crippen molar-refractivity contribution in [1.29, 1.82) is 0 Å². The number of nitrogens with zero attached hydrogens (tertiary/aromatic N) is 2. The summed E-state index contributed by atoms with van der Waals surface area (Å²) in [6.07, 6.45) is 6.78. The standard InChI is InChI=1S/C18H20BrN3O3/c1-3-4-5-8-18-9-12(22(17(24)25)13(18)10-18)16(23)21-15-11(2)6-7-14(19)20-15/h3,5-8,12-13H,1,4,9-10H2,2H3,(H,24,25)(H,20,21,23)/b8-5+. The van der Waals surface area contributed by atoms with Crippen LogP contribution in [0.5, 0.6) is 0 Å². The van der Waals surface area contributed by atoms with E-state index < -0.39 is 12.1 Å². The second-order valence-electron chi connectivity index (χ2n) is 6.58. The Labute approximate surface area is 154 Å². The van der Waals surface area contributed by atoms with Gasteiger partial charge in [-0.3, -0.25) is 9.69 Å². The average molecular weight is 406 g/mol. The number of pyridine rings is 1. The lowest BCUT2D eigenvalue weighted by atomic mass is 9.98. The molecule has 0 bridgehead atoms. The Hall–Kier alpha value is -2.15. The number of carboxylic acid groups (broad SMARTS) is 1. The van der Waals surface area contributed by atoms with Gasteiger partial charge in [-0.15, -0.1) is 6.58 Å². The fourth-order valence-corrected chi connectivity index (χ4v) is 3.84. The van der Waals surface area contributed by atoms with Crippen LogP contribution in [0.3, 0.4) is 0 Å². The van der Waals surface area contributed by atoms with Gasteiger partial charge in [-0.25, -0.2) is 9.78 Å². The molecular weight excluding hydrogens is 386 g/mol. The van der Waals surface area contributed by atoms with Gasteiger partial charge in [0.2, 0.25) is 5.91 Å². The molecule has 1 aliphatic heterocycles. The molecule has 2 amide bonds. The smallest absolute Gasteiger partial charge is 0.408 e. The van der Waals surface area contributed by atoms with Crippen LogP contribution in [0.4, 0.5) is 10.6 Å². The minimum atomic E-state index is -1.06. The third kappa shape index (κ3) is 3.33. The van der Waals surface area contributed by atoms with Crippen molar-refractivity contribution in [1.82, 2.24) is 9.88 Å². The molecule has 2 heterocycles. The molecular formula is C18H20BrN3O3. The zero-order chi connectivity index (χ0) is 18.2. The van der Waals surface area contributed by atoms with Gasteiger partial charge < -0.3 is 10.4 Å². The summed E-state index contributed by atoms with van der Waals surface area (Å²) in [6, 6.07) is 2.80. The van der Waals surface area contributed by atoms with E-state index in [9.17, 15) is 14.7 Å². The molecule has 0 aromatic carbocycles. The van der Waals surface area contributed by atoms with Gasteiger partial charge in [0.15, 0.2) is 0 Å². The normalized spacial score (nSPS) is 27.2. The molecule has 1 saturated carbocycles. The molecule has 1 aliphatic carbocycles. The highest BCUT2D eigenvalue weighted by Gasteiger charge is 2.66. The summed E-state index contributed by atoms with van der Waals surface area (Å²) in [6.45, 7) is 5.52. The fraction of sp³-hybridized carbons (Fsp3) is 0.389. The Balaban J connectivity index is 1.78. The number of carbonyl (C=O) groups excluding carboxylic acids is 1. The number of hydrogen-bond donors (Lipinski definition) is 2. The molecule has 1 aromatic rings. The average Bonchev–Trinajstić information content (AvgIpc) is 3.14. The van der Waals surface area contributed by atoms with Gasteiger partial charge in [-0.05, 0) is 53.7 Å². The molecule has 7 heteroatoms. The zero-order valence-corrected chi connectivity index (χ0v) is 15.5. The zero-order valence-electron chi connectivity index (χ0n) is 13.9. The molecule has 0 spiro atoms. The SMILES string of the molecule is C=CC/C=C/C12CC(C(=O)Nc3nc(Br)ccc3C)N(C(=O)O)C1C2. The van der Waals surface area contributed by atoms with Crippen LogP contribution < -0.4 is 5.32 Å². The number of aromatic nitrogens is 1. The quantitative estimate of drug-likeness (QED) is 0.577. The lowest BCUT2D eigenvalue weighted by Crippen LogP contribution is -2.45. The monoisotopic (exact) mass is 405 g/mol. The largest absolute Gasteiger partial charge is 0.465 e. The highest BCUT2D eigenvalue weighted by atomic mass is 79.9. The summed E-state index contributed by atoms with van der Waals surface area (Å²) in [5, 5.41) is 12.3. The van der Waals surface area contributed by atoms with Crippen molar-refractivity contribution >= 4 is 33.7 Å².